The van der Waals surface area contributed by atoms with E-state index >= 15 is 0 Å². The van der Waals surface area contributed by atoms with Gasteiger partial charge in [-0.25, -0.2) is 4.98 Å². The molecule has 0 fully saturated rings. The summed E-state index contributed by atoms with van der Waals surface area (Å²) >= 11 is 0. The van der Waals surface area contributed by atoms with E-state index in [1.165, 1.54) is 49.5 Å². The van der Waals surface area contributed by atoms with Gasteiger partial charge in [-0.2, -0.15) is 0 Å². The second-order valence-corrected chi connectivity index (χ2v) is 26.0. The van der Waals surface area contributed by atoms with Crippen LogP contribution in [0.1, 0.15) is 95.5 Å². The minimum Gasteiger partial charge on any atom is -0.486 e. The Balaban J connectivity index is 0.000000293. The van der Waals surface area contributed by atoms with Gasteiger partial charge in [0.15, 0.2) is 0 Å². The Morgan fingerprint density at radius 2 is 1.38 bits per heavy atom. The van der Waals surface area contributed by atoms with Crippen LogP contribution in [0, 0.1) is 24.5 Å². The first-order valence-electron chi connectivity index (χ1n) is 23.8. The molecular weight excluding hydrogens is 1030 g/mol. The third-order valence-corrected chi connectivity index (χ3v) is 15.5. The van der Waals surface area contributed by atoms with Crippen LogP contribution < -0.4 is 5.19 Å². The molecule has 10 rings (SSSR count). The normalized spacial score (nSPS) is 12.5. The van der Waals surface area contributed by atoms with Crippen molar-refractivity contribution >= 4 is 57.1 Å². The summed E-state index contributed by atoms with van der Waals surface area (Å²) in [7, 11) is -1.24. The Hall–Kier alpha value is -5.98. The molecule has 0 amide bonds. The van der Waals surface area contributed by atoms with Gasteiger partial charge in [-0.05, 0) is 104 Å². The van der Waals surface area contributed by atoms with Gasteiger partial charge < -0.3 is 14.0 Å². The number of imidazole rings is 1. The van der Waals surface area contributed by atoms with Gasteiger partial charge >= 0.3 is 0 Å². The van der Waals surface area contributed by atoms with Crippen molar-refractivity contribution in [3.63, 3.8) is 0 Å². The maximum Gasteiger partial charge on any atom is 0.216 e. The van der Waals surface area contributed by atoms with Crippen molar-refractivity contribution in [2.45, 2.75) is 99.7 Å². The topological polar surface area (TPSA) is 56.7 Å². The van der Waals surface area contributed by atoms with Crippen molar-refractivity contribution in [3.8, 4) is 39.5 Å². The number of nitrogens with zero attached hydrogens (tertiary/aromatic N) is 4. The molecule has 4 aromatic heterocycles. The summed E-state index contributed by atoms with van der Waals surface area (Å²) in [6.45, 7) is 27.2. The molecule has 68 heavy (non-hydrogen) atoms. The smallest absolute Gasteiger partial charge is 0.216 e. The van der Waals surface area contributed by atoms with Crippen LogP contribution in [-0.2, 0) is 20.1 Å². The van der Waals surface area contributed by atoms with Crippen LogP contribution in [0.5, 0.6) is 0 Å². The summed E-state index contributed by atoms with van der Waals surface area (Å²) in [6.07, 6.45) is 2.02. The molecule has 10 aromatic rings. The van der Waals surface area contributed by atoms with Gasteiger partial charge in [0.05, 0.1) is 30.5 Å². The molecule has 0 aliphatic heterocycles. The summed E-state index contributed by atoms with van der Waals surface area (Å²) < 4.78 is 9.06. The maximum absolute atomic E-state index is 6.70. The predicted molar refractivity (Wildman–Crippen MR) is 286 cm³/mol. The Morgan fingerprint density at radius 3 is 2.03 bits per heavy atom. The molecule has 5 nitrogen and oxygen atoms in total. The van der Waals surface area contributed by atoms with Crippen molar-refractivity contribution in [1.29, 1.82) is 0 Å². The van der Waals surface area contributed by atoms with E-state index in [4.69, 9.17) is 14.4 Å². The monoisotopic (exact) mass is 1090 g/mol. The molecule has 1 atom stereocenters. The standard InChI is InChI=1S/C46H44N3O.C15H18NSi.Ir/c1-27(2)37-25-33(32-21-20-30-14-9-10-15-31(30)24-32)26-38(28(3)4)42(37)49-41-19-12-11-18-40(41)47-44(49)36-17-13-16-34-35-22-23-39(29(5)46(6,7)8)48-45(35)50-43(34)36;1-12-5-7-13(8-6-12)15-10-9-14(11-16-15)17(2,3)4;/h9-16,18-29H,1-8H3;5-7,9-11H,1-4H3;/q2*-1;. The van der Waals surface area contributed by atoms with Crippen LogP contribution in [-0.4, -0.2) is 27.6 Å². The molecule has 7 heteroatoms. The summed E-state index contributed by atoms with van der Waals surface area (Å²) in [5.41, 5.74) is 14.9. The largest absolute Gasteiger partial charge is 0.486 e. The van der Waals surface area contributed by atoms with Crippen LogP contribution in [0.3, 0.4) is 0 Å². The fourth-order valence-electron chi connectivity index (χ4n) is 8.92. The van der Waals surface area contributed by atoms with E-state index in [1.807, 2.05) is 18.3 Å². The van der Waals surface area contributed by atoms with Gasteiger partial charge in [0, 0.05) is 49.0 Å². The van der Waals surface area contributed by atoms with E-state index in [0.29, 0.717) is 5.71 Å². The number of furan rings is 1. The molecule has 0 spiro atoms. The zero-order chi connectivity index (χ0) is 47.4. The van der Waals surface area contributed by atoms with Crippen molar-refractivity contribution in [2.75, 3.05) is 0 Å². The van der Waals surface area contributed by atoms with Crippen LogP contribution in [0.4, 0.5) is 0 Å². The van der Waals surface area contributed by atoms with E-state index in [2.05, 4.69) is 225 Å². The average Bonchev–Trinajstić information content (AvgIpc) is 3.89. The molecule has 0 aliphatic rings. The fraction of sp³-hybridized carbons (Fsp3) is 0.262. The molecule has 0 aliphatic carbocycles. The van der Waals surface area contributed by atoms with Crippen LogP contribution >= 0.6 is 0 Å². The summed E-state index contributed by atoms with van der Waals surface area (Å²) in [6, 6.07) is 54.3. The van der Waals surface area contributed by atoms with Gasteiger partial charge in [-0.1, -0.05) is 154 Å². The first kappa shape index (κ1) is 48.5. The van der Waals surface area contributed by atoms with Crippen molar-refractivity contribution in [2.24, 2.45) is 5.41 Å². The summed E-state index contributed by atoms with van der Waals surface area (Å²) in [4.78, 5) is 14.9. The van der Waals surface area contributed by atoms with Gasteiger partial charge in [0.2, 0.25) is 5.71 Å². The van der Waals surface area contributed by atoms with Crippen LogP contribution in [0.2, 0.25) is 19.6 Å². The Kier molecular flexibility index (Phi) is 13.7. The van der Waals surface area contributed by atoms with Crippen LogP contribution in [0.25, 0.3) is 83.3 Å². The van der Waals surface area contributed by atoms with Gasteiger partial charge in [0.25, 0.3) is 0 Å². The van der Waals surface area contributed by atoms with Gasteiger partial charge in [-0.3, -0.25) is 4.98 Å². The molecule has 1 unspecified atom stereocenters. The Morgan fingerprint density at radius 1 is 0.676 bits per heavy atom. The molecular formula is C61H62IrN4OSi-2. The molecule has 1 radical (unpaired) electrons. The zero-order valence-electron chi connectivity index (χ0n) is 41.5. The number of benzene rings is 6. The summed E-state index contributed by atoms with van der Waals surface area (Å²) in [5, 5.41) is 5.93. The number of aryl methyl sites for hydroxylation is 1. The maximum atomic E-state index is 6.70. The third-order valence-electron chi connectivity index (χ3n) is 13.4. The number of hydrogen-bond donors (Lipinski definition) is 0. The van der Waals surface area contributed by atoms with Crippen molar-refractivity contribution < 1.29 is 24.5 Å². The molecule has 0 N–H and O–H groups in total. The van der Waals surface area contributed by atoms with E-state index in [-0.39, 0.29) is 43.3 Å². The van der Waals surface area contributed by atoms with E-state index < -0.39 is 8.07 Å². The van der Waals surface area contributed by atoms with Gasteiger partial charge in [0.1, 0.15) is 0 Å². The molecule has 347 valence electrons. The van der Waals surface area contributed by atoms with E-state index in [9.17, 15) is 0 Å². The average molecular weight is 1090 g/mol. The first-order valence-corrected chi connectivity index (χ1v) is 27.3. The van der Waals surface area contributed by atoms with Crippen LogP contribution in [0.15, 0.2) is 144 Å². The Bertz CT molecular complexity index is 3380. The zero-order valence-corrected chi connectivity index (χ0v) is 44.9. The van der Waals surface area contributed by atoms with E-state index in [0.717, 1.165) is 55.7 Å². The number of para-hydroxylation sites is 2. The van der Waals surface area contributed by atoms with Crippen molar-refractivity contribution in [3.05, 3.63) is 174 Å². The number of hydrogen-bond acceptors (Lipinski definition) is 4. The minimum atomic E-state index is -1.24. The number of pyridine rings is 2. The quantitative estimate of drug-likeness (QED) is 0.112. The Labute approximate surface area is 417 Å². The predicted octanol–water partition coefficient (Wildman–Crippen LogP) is 16.4. The van der Waals surface area contributed by atoms with Crippen molar-refractivity contribution in [1.82, 2.24) is 19.5 Å². The second kappa shape index (κ2) is 19.2. The number of rotatable bonds is 8. The number of fused-ring (bicyclic) bond motifs is 5. The SMILES string of the molecule is CC(C)c1cc(-c2ccc3ccccc3c2)cc(C(C)C)c1-n1c(-c2[c-]ccc3c2oc2nc(C(C)C(C)(C)C)ccc23)nc2ccccc21.Cc1c[c-]c(-c2ccc([Si](C)(C)C)cn2)cc1.[Ir]. The molecule has 0 bridgehead atoms. The first-order chi connectivity index (χ1) is 32.0. The van der Waals surface area contributed by atoms with Gasteiger partial charge in [-0.15, -0.1) is 53.6 Å². The number of aromatic nitrogens is 4. The minimum absolute atomic E-state index is 0. The molecule has 0 saturated carbocycles. The fourth-order valence-corrected chi connectivity index (χ4v) is 9.96. The molecule has 0 saturated heterocycles. The molecule has 6 aromatic carbocycles. The molecule has 4 heterocycles. The second-order valence-electron chi connectivity index (χ2n) is 21.0. The summed E-state index contributed by atoms with van der Waals surface area (Å²) in [5.74, 6) is 1.61. The third kappa shape index (κ3) is 9.54. The van der Waals surface area contributed by atoms with E-state index in [1.54, 1.807) is 0 Å².